The van der Waals surface area contributed by atoms with E-state index in [9.17, 15) is 13.5 Å². The molecule has 7 heteroatoms. The molecule has 1 aromatic heterocycles. The van der Waals surface area contributed by atoms with Gasteiger partial charge in [-0.2, -0.15) is 4.31 Å². The maximum atomic E-state index is 12.6. The first-order chi connectivity index (χ1) is 10.6. The number of benzene rings is 1. The van der Waals surface area contributed by atoms with Crippen molar-refractivity contribution in [2.75, 3.05) is 31.1 Å². The predicted molar refractivity (Wildman–Crippen MR) is 83.3 cm³/mol. The fourth-order valence-electron chi connectivity index (χ4n) is 2.47. The summed E-state index contributed by atoms with van der Waals surface area (Å²) >= 11 is 0. The molecule has 1 fully saturated rings. The summed E-state index contributed by atoms with van der Waals surface area (Å²) in [5.74, 6) is 0.920. The van der Waals surface area contributed by atoms with E-state index in [1.54, 1.807) is 6.20 Å². The molecule has 2 heterocycles. The lowest BCUT2D eigenvalue weighted by Gasteiger charge is -2.34. The highest BCUT2D eigenvalue weighted by molar-refractivity contribution is 7.89. The molecule has 0 spiro atoms. The normalized spacial score (nSPS) is 16.6. The highest BCUT2D eigenvalue weighted by atomic mass is 32.2. The van der Waals surface area contributed by atoms with Crippen molar-refractivity contribution in [2.45, 2.75) is 4.90 Å². The zero-order valence-corrected chi connectivity index (χ0v) is 12.8. The van der Waals surface area contributed by atoms with Crippen LogP contribution in [0.25, 0.3) is 0 Å². The molecule has 116 valence electrons. The number of piperazine rings is 1. The highest BCUT2D eigenvalue weighted by Gasteiger charge is 2.28. The fourth-order valence-corrected chi connectivity index (χ4v) is 3.89. The summed E-state index contributed by atoms with van der Waals surface area (Å²) in [5, 5.41) is 9.27. The maximum absolute atomic E-state index is 12.6. The number of aromatic nitrogens is 1. The van der Waals surface area contributed by atoms with Gasteiger partial charge in [0.15, 0.2) is 0 Å². The number of phenols is 1. The van der Waals surface area contributed by atoms with E-state index in [4.69, 9.17) is 0 Å². The minimum absolute atomic E-state index is 0.0546. The molecule has 0 radical (unpaired) electrons. The first kappa shape index (κ1) is 14.8. The lowest BCUT2D eigenvalue weighted by Crippen LogP contribution is -2.48. The lowest BCUT2D eigenvalue weighted by molar-refractivity contribution is 0.383. The van der Waals surface area contributed by atoms with Gasteiger partial charge in [-0.1, -0.05) is 6.07 Å². The van der Waals surface area contributed by atoms with Gasteiger partial charge < -0.3 is 10.0 Å². The van der Waals surface area contributed by atoms with Crippen LogP contribution >= 0.6 is 0 Å². The predicted octanol–water partition coefficient (Wildman–Crippen LogP) is 1.30. The first-order valence-electron chi connectivity index (χ1n) is 7.02. The molecule has 1 aliphatic heterocycles. The molecule has 3 rings (SSSR count). The number of phenolic OH excluding ortho intramolecular Hbond substituents is 1. The van der Waals surface area contributed by atoms with E-state index in [2.05, 4.69) is 9.88 Å². The Hall–Kier alpha value is -2.12. The molecule has 22 heavy (non-hydrogen) atoms. The van der Waals surface area contributed by atoms with E-state index < -0.39 is 10.0 Å². The topological polar surface area (TPSA) is 73.7 Å². The van der Waals surface area contributed by atoms with Gasteiger partial charge in [0.25, 0.3) is 0 Å². The largest absolute Gasteiger partial charge is 0.508 e. The van der Waals surface area contributed by atoms with E-state index in [1.165, 1.54) is 28.6 Å². The molecule has 1 saturated heterocycles. The van der Waals surface area contributed by atoms with Crippen LogP contribution in [0.2, 0.25) is 0 Å². The number of sulfonamides is 1. The van der Waals surface area contributed by atoms with Crippen LogP contribution in [0, 0.1) is 0 Å². The van der Waals surface area contributed by atoms with Crippen LogP contribution in [0.3, 0.4) is 0 Å². The average Bonchev–Trinajstić information content (AvgIpc) is 2.56. The van der Waals surface area contributed by atoms with Crippen LogP contribution in [0.5, 0.6) is 5.75 Å². The molecule has 1 aromatic carbocycles. The molecule has 0 atom stereocenters. The second-order valence-corrected chi connectivity index (χ2v) is 7.01. The van der Waals surface area contributed by atoms with Gasteiger partial charge in [0.2, 0.25) is 10.0 Å². The van der Waals surface area contributed by atoms with Crippen molar-refractivity contribution >= 4 is 15.8 Å². The Bertz CT molecular complexity index is 724. The van der Waals surface area contributed by atoms with Crippen molar-refractivity contribution < 1.29 is 13.5 Å². The minimum atomic E-state index is -3.51. The zero-order chi connectivity index (χ0) is 15.6. The summed E-state index contributed by atoms with van der Waals surface area (Å²) in [6.45, 7) is 2.04. The maximum Gasteiger partial charge on any atom is 0.243 e. The summed E-state index contributed by atoms with van der Waals surface area (Å²) in [5.41, 5.74) is 0. The van der Waals surface area contributed by atoms with E-state index in [-0.39, 0.29) is 10.6 Å². The van der Waals surface area contributed by atoms with Crippen LogP contribution < -0.4 is 4.90 Å². The Labute approximate surface area is 129 Å². The summed E-state index contributed by atoms with van der Waals surface area (Å²) in [7, 11) is -3.51. The van der Waals surface area contributed by atoms with E-state index >= 15 is 0 Å². The number of aromatic hydroxyl groups is 1. The fraction of sp³-hybridized carbons (Fsp3) is 0.267. The number of hydrogen-bond acceptors (Lipinski definition) is 5. The van der Waals surface area contributed by atoms with Crippen LogP contribution in [-0.4, -0.2) is 49.0 Å². The third-order valence-corrected chi connectivity index (χ3v) is 5.60. The number of rotatable bonds is 3. The molecule has 1 aliphatic rings. The van der Waals surface area contributed by atoms with Crippen molar-refractivity contribution in [2.24, 2.45) is 0 Å². The van der Waals surface area contributed by atoms with Crippen LogP contribution in [-0.2, 0) is 10.0 Å². The monoisotopic (exact) mass is 319 g/mol. The van der Waals surface area contributed by atoms with Gasteiger partial charge in [-0.3, -0.25) is 0 Å². The van der Waals surface area contributed by atoms with E-state index in [0.29, 0.717) is 26.2 Å². The summed E-state index contributed by atoms with van der Waals surface area (Å²) in [6.07, 6.45) is 1.73. The second kappa shape index (κ2) is 5.94. The molecule has 0 aliphatic carbocycles. The van der Waals surface area contributed by atoms with Gasteiger partial charge in [-0.25, -0.2) is 13.4 Å². The molecule has 6 nitrogen and oxygen atoms in total. The van der Waals surface area contributed by atoms with Crippen molar-refractivity contribution in [3.05, 3.63) is 48.7 Å². The SMILES string of the molecule is O=S(=O)(c1ccc(O)cc1)N1CCN(c2ccccn2)CC1. The van der Waals surface area contributed by atoms with Gasteiger partial charge in [0, 0.05) is 32.4 Å². The Morgan fingerprint density at radius 1 is 0.955 bits per heavy atom. The van der Waals surface area contributed by atoms with Crippen molar-refractivity contribution in [3.63, 3.8) is 0 Å². The number of hydrogen-bond donors (Lipinski definition) is 1. The molecule has 0 amide bonds. The van der Waals surface area contributed by atoms with E-state index in [1.807, 2.05) is 18.2 Å². The zero-order valence-electron chi connectivity index (χ0n) is 12.0. The van der Waals surface area contributed by atoms with Crippen molar-refractivity contribution in [1.29, 1.82) is 0 Å². The third kappa shape index (κ3) is 2.90. The lowest BCUT2D eigenvalue weighted by atomic mass is 10.3. The second-order valence-electron chi connectivity index (χ2n) is 5.07. The Morgan fingerprint density at radius 3 is 2.23 bits per heavy atom. The van der Waals surface area contributed by atoms with Crippen LogP contribution in [0.15, 0.2) is 53.6 Å². The van der Waals surface area contributed by atoms with Gasteiger partial charge in [-0.05, 0) is 36.4 Å². The first-order valence-corrected chi connectivity index (χ1v) is 8.46. The standard InChI is InChI=1S/C15H17N3O3S/c19-13-4-6-14(7-5-13)22(20,21)18-11-9-17(10-12-18)15-3-1-2-8-16-15/h1-8,19H,9-12H2. The smallest absolute Gasteiger partial charge is 0.243 e. The molecular formula is C15H17N3O3S. The highest BCUT2D eigenvalue weighted by Crippen LogP contribution is 2.21. The van der Waals surface area contributed by atoms with Crippen LogP contribution in [0.4, 0.5) is 5.82 Å². The van der Waals surface area contributed by atoms with Crippen LogP contribution in [0.1, 0.15) is 0 Å². The number of nitrogens with zero attached hydrogens (tertiary/aromatic N) is 3. The summed E-state index contributed by atoms with van der Waals surface area (Å²) < 4.78 is 26.6. The van der Waals surface area contributed by atoms with Gasteiger partial charge >= 0.3 is 0 Å². The number of pyridine rings is 1. The third-order valence-electron chi connectivity index (χ3n) is 3.69. The number of anilines is 1. The Kier molecular flexibility index (Phi) is 4.00. The Balaban J connectivity index is 1.72. The van der Waals surface area contributed by atoms with Gasteiger partial charge in [-0.15, -0.1) is 0 Å². The molecule has 1 N–H and O–H groups in total. The summed E-state index contributed by atoms with van der Waals surface area (Å²) in [6, 6.07) is 11.3. The quantitative estimate of drug-likeness (QED) is 0.923. The average molecular weight is 319 g/mol. The van der Waals surface area contributed by atoms with Gasteiger partial charge in [0.1, 0.15) is 11.6 Å². The van der Waals surface area contributed by atoms with Gasteiger partial charge in [0.05, 0.1) is 4.90 Å². The Morgan fingerprint density at radius 2 is 1.64 bits per heavy atom. The van der Waals surface area contributed by atoms with Crippen molar-refractivity contribution in [3.8, 4) is 5.75 Å². The molecule has 0 unspecified atom stereocenters. The molecule has 0 bridgehead atoms. The van der Waals surface area contributed by atoms with E-state index in [0.717, 1.165) is 5.82 Å². The molecule has 2 aromatic rings. The summed E-state index contributed by atoms with van der Waals surface area (Å²) in [4.78, 5) is 6.57. The minimum Gasteiger partial charge on any atom is -0.508 e. The molecular weight excluding hydrogens is 302 g/mol. The van der Waals surface area contributed by atoms with Crippen molar-refractivity contribution in [1.82, 2.24) is 9.29 Å². The molecule has 0 saturated carbocycles.